The Morgan fingerprint density at radius 3 is 2.17 bits per heavy atom. The number of anilines is 1. The molecular weight excluding hydrogens is 284 g/mol. The van der Waals surface area contributed by atoms with E-state index in [-0.39, 0.29) is 5.91 Å². The van der Waals surface area contributed by atoms with Crippen LogP contribution in [0.25, 0.3) is 0 Å². The molecule has 2 heterocycles. The van der Waals surface area contributed by atoms with Gasteiger partial charge >= 0.3 is 0 Å². The average molecular weight is 319 g/mol. The Morgan fingerprint density at radius 2 is 1.61 bits per heavy atom. The Hall–Kier alpha value is -1.35. The van der Waals surface area contributed by atoms with Crippen molar-refractivity contribution in [1.29, 1.82) is 0 Å². The third kappa shape index (κ3) is 5.35. The van der Waals surface area contributed by atoms with Gasteiger partial charge in [0.15, 0.2) is 0 Å². The van der Waals surface area contributed by atoms with E-state index in [1.165, 1.54) is 18.4 Å². The minimum atomic E-state index is 0.278. The highest BCUT2D eigenvalue weighted by Gasteiger charge is 2.33. The van der Waals surface area contributed by atoms with Gasteiger partial charge in [0.1, 0.15) is 0 Å². The lowest BCUT2D eigenvalue weighted by molar-refractivity contribution is -0.118. The number of benzene rings is 1. The molecule has 0 aromatic heterocycles. The number of piperidine rings is 1. The van der Waals surface area contributed by atoms with Crippen LogP contribution in [0.15, 0.2) is 24.3 Å². The van der Waals surface area contributed by atoms with Gasteiger partial charge < -0.3 is 9.80 Å². The van der Waals surface area contributed by atoms with Crippen LogP contribution >= 0.6 is 0 Å². The van der Waals surface area contributed by atoms with E-state index in [0.717, 1.165) is 31.6 Å². The first-order valence-corrected chi connectivity index (χ1v) is 9.25. The Labute approximate surface area is 142 Å². The number of hydrogen-bond donors (Lipinski definition) is 0. The van der Waals surface area contributed by atoms with Crippen LogP contribution in [-0.4, -0.2) is 37.0 Å². The lowest BCUT2D eigenvalue weighted by atomic mass is 10.0. The molecule has 0 N–H and O–H groups in total. The second-order valence-electron chi connectivity index (χ2n) is 6.10. The van der Waals surface area contributed by atoms with Crippen LogP contribution in [0.3, 0.4) is 0 Å². The van der Waals surface area contributed by atoms with Crippen LogP contribution in [0.1, 0.15) is 58.9 Å². The van der Waals surface area contributed by atoms with E-state index < -0.39 is 0 Å². The fourth-order valence-electron chi connectivity index (χ4n) is 2.93. The Balaban J connectivity index is 0.000000388. The number of likely N-dealkylation sites (tertiary alicyclic amines) is 1. The molecule has 2 aliphatic heterocycles. The molecule has 0 atom stereocenters. The number of hydrogen-bond acceptors (Lipinski definition) is 2. The summed E-state index contributed by atoms with van der Waals surface area (Å²) < 4.78 is 0. The highest BCUT2D eigenvalue weighted by molar-refractivity contribution is 6.01. The van der Waals surface area contributed by atoms with E-state index in [1.807, 2.05) is 30.9 Å². The van der Waals surface area contributed by atoms with Crippen molar-refractivity contribution in [2.24, 2.45) is 0 Å². The van der Waals surface area contributed by atoms with Crippen LogP contribution in [0.4, 0.5) is 5.69 Å². The molecule has 0 radical (unpaired) electrons. The summed E-state index contributed by atoms with van der Waals surface area (Å²) in [6.07, 6.45) is 5.41. The number of carbonyl (C=O) groups excluding carboxylic acids is 1. The van der Waals surface area contributed by atoms with Gasteiger partial charge in [0.2, 0.25) is 5.91 Å². The molecule has 2 aliphatic rings. The number of para-hydroxylation sites is 1. The molecule has 130 valence electrons. The summed E-state index contributed by atoms with van der Waals surface area (Å²) in [5, 5.41) is 0. The Kier molecular flexibility index (Phi) is 8.93. The molecule has 3 nitrogen and oxygen atoms in total. The highest BCUT2D eigenvalue weighted by Crippen LogP contribution is 2.32. The number of carbonyl (C=O) groups is 1. The fraction of sp³-hybridized carbons (Fsp3) is 0.650. The van der Waals surface area contributed by atoms with Crippen molar-refractivity contribution in [2.45, 2.75) is 65.8 Å². The molecule has 1 aromatic rings. The largest absolute Gasteiger partial charge is 0.309 e. The van der Waals surface area contributed by atoms with Crippen molar-refractivity contribution in [3.63, 3.8) is 0 Å². The molecular formula is C20H34N2O. The molecule has 1 saturated heterocycles. The fourth-order valence-corrected chi connectivity index (χ4v) is 2.93. The summed E-state index contributed by atoms with van der Waals surface area (Å²) >= 11 is 0. The van der Waals surface area contributed by atoms with E-state index >= 15 is 0 Å². The minimum Gasteiger partial charge on any atom is -0.309 e. The van der Waals surface area contributed by atoms with Crippen molar-refractivity contribution >= 4 is 11.6 Å². The molecule has 0 aliphatic carbocycles. The average Bonchev–Trinajstić information content (AvgIpc) is 2.93. The maximum Gasteiger partial charge on any atom is 0.231 e. The van der Waals surface area contributed by atoms with Crippen LogP contribution in [0.5, 0.6) is 0 Å². The summed E-state index contributed by atoms with van der Waals surface area (Å²) in [6, 6.07) is 8.60. The van der Waals surface area contributed by atoms with Gasteiger partial charge in [-0.05, 0) is 44.6 Å². The normalized spacial score (nSPS) is 17.8. The third-order valence-electron chi connectivity index (χ3n) is 4.41. The number of amides is 1. The molecule has 1 aromatic carbocycles. The first kappa shape index (κ1) is 19.7. The predicted octanol–water partition coefficient (Wildman–Crippen LogP) is 4.50. The van der Waals surface area contributed by atoms with Crippen molar-refractivity contribution < 1.29 is 4.79 Å². The van der Waals surface area contributed by atoms with Gasteiger partial charge in [-0.2, -0.15) is 0 Å². The first-order valence-electron chi connectivity index (χ1n) is 9.25. The number of fused-ring (bicyclic) bond motifs is 1. The molecule has 1 fully saturated rings. The van der Waals surface area contributed by atoms with Gasteiger partial charge in [0.25, 0.3) is 0 Å². The monoisotopic (exact) mass is 318 g/mol. The van der Waals surface area contributed by atoms with Gasteiger partial charge in [0, 0.05) is 11.7 Å². The van der Waals surface area contributed by atoms with E-state index in [9.17, 15) is 4.79 Å². The molecule has 0 unspecified atom stereocenters. The number of rotatable bonds is 2. The number of nitrogens with zero attached hydrogens (tertiary/aromatic N) is 2. The van der Waals surface area contributed by atoms with Crippen molar-refractivity contribution in [1.82, 2.24) is 4.90 Å². The van der Waals surface area contributed by atoms with E-state index in [1.54, 1.807) is 0 Å². The van der Waals surface area contributed by atoms with Gasteiger partial charge in [-0.15, -0.1) is 0 Å². The van der Waals surface area contributed by atoms with Gasteiger partial charge in [0.05, 0.1) is 6.42 Å². The lowest BCUT2D eigenvalue weighted by Gasteiger charge is -2.35. The van der Waals surface area contributed by atoms with Crippen LogP contribution < -0.4 is 4.90 Å². The zero-order valence-corrected chi connectivity index (χ0v) is 15.6. The standard InChI is InChI=1S/C14H18N2O.C4H10.C2H6/c1-15-8-6-12(7-9-15)16-13-5-3-2-4-11(13)10-14(16)17;1-3-4-2;1-2/h2-5,12H,6-10H2,1H3;3-4H2,1-2H3;1-2H3. The smallest absolute Gasteiger partial charge is 0.231 e. The van der Waals surface area contributed by atoms with E-state index in [0.29, 0.717) is 12.5 Å². The van der Waals surface area contributed by atoms with Crippen molar-refractivity contribution in [3.8, 4) is 0 Å². The highest BCUT2D eigenvalue weighted by atomic mass is 16.2. The molecule has 3 heteroatoms. The third-order valence-corrected chi connectivity index (χ3v) is 4.41. The summed E-state index contributed by atoms with van der Waals surface area (Å²) in [4.78, 5) is 16.5. The molecule has 3 rings (SSSR count). The maximum absolute atomic E-state index is 12.1. The topological polar surface area (TPSA) is 23.6 Å². The van der Waals surface area contributed by atoms with E-state index in [4.69, 9.17) is 0 Å². The van der Waals surface area contributed by atoms with Crippen molar-refractivity contribution in [2.75, 3.05) is 25.0 Å². The zero-order chi connectivity index (χ0) is 17.2. The molecule has 23 heavy (non-hydrogen) atoms. The van der Waals surface area contributed by atoms with Gasteiger partial charge in [-0.25, -0.2) is 0 Å². The lowest BCUT2D eigenvalue weighted by Crippen LogP contribution is -2.45. The molecule has 0 bridgehead atoms. The summed E-state index contributed by atoms with van der Waals surface area (Å²) in [6.45, 7) is 10.5. The minimum absolute atomic E-state index is 0.278. The maximum atomic E-state index is 12.1. The molecule has 0 saturated carbocycles. The van der Waals surface area contributed by atoms with E-state index in [2.05, 4.69) is 37.9 Å². The number of unbranched alkanes of at least 4 members (excludes halogenated alkanes) is 1. The first-order chi connectivity index (χ1) is 11.2. The Morgan fingerprint density at radius 1 is 1.04 bits per heavy atom. The van der Waals surface area contributed by atoms with Crippen LogP contribution in [0.2, 0.25) is 0 Å². The van der Waals surface area contributed by atoms with Gasteiger partial charge in [-0.1, -0.05) is 58.7 Å². The quantitative estimate of drug-likeness (QED) is 0.801. The van der Waals surface area contributed by atoms with Gasteiger partial charge in [-0.3, -0.25) is 4.79 Å². The molecule has 1 amide bonds. The SMILES string of the molecule is CC.CCCC.CN1CCC(N2C(=O)Cc3ccccc32)CC1. The molecule has 0 spiro atoms. The summed E-state index contributed by atoms with van der Waals surface area (Å²) in [5.41, 5.74) is 2.34. The second-order valence-corrected chi connectivity index (χ2v) is 6.10. The van der Waals surface area contributed by atoms with Crippen LogP contribution in [-0.2, 0) is 11.2 Å². The Bertz CT molecular complexity index is 462. The summed E-state index contributed by atoms with van der Waals surface area (Å²) in [7, 11) is 2.15. The second kappa shape index (κ2) is 10.4. The summed E-state index contributed by atoms with van der Waals surface area (Å²) in [5.74, 6) is 0.278. The zero-order valence-electron chi connectivity index (χ0n) is 15.6. The van der Waals surface area contributed by atoms with Crippen molar-refractivity contribution in [3.05, 3.63) is 29.8 Å². The predicted molar refractivity (Wildman–Crippen MR) is 100 cm³/mol. The van der Waals surface area contributed by atoms with Crippen LogP contribution in [0, 0.1) is 0 Å².